The van der Waals surface area contributed by atoms with Gasteiger partial charge in [0.25, 0.3) is 0 Å². The largest absolute Gasteiger partial charge is 0.508 e. The number of ether oxygens (including phenoxy) is 3. The zero-order valence-corrected chi connectivity index (χ0v) is 16.9. The highest BCUT2D eigenvalue weighted by Crippen LogP contribution is 2.82. The van der Waals surface area contributed by atoms with E-state index in [1.807, 2.05) is 6.92 Å². The van der Waals surface area contributed by atoms with Gasteiger partial charge < -0.3 is 29.5 Å². The van der Waals surface area contributed by atoms with E-state index < -0.39 is 40.4 Å². The second-order valence-electron chi connectivity index (χ2n) is 10.1. The monoisotopic (exact) mass is 426 g/mol. The van der Waals surface area contributed by atoms with Crippen molar-refractivity contribution in [2.45, 2.75) is 62.3 Å². The molecule has 3 aliphatic carbocycles. The maximum atomic E-state index is 13.0. The number of esters is 1. The van der Waals surface area contributed by atoms with Crippen LogP contribution in [0.4, 0.5) is 0 Å². The summed E-state index contributed by atoms with van der Waals surface area (Å²) in [5.41, 5.74) is -0.788. The van der Waals surface area contributed by atoms with E-state index in [1.165, 1.54) is 12.1 Å². The number of ketones is 1. The molecule has 8 heteroatoms. The zero-order valence-electron chi connectivity index (χ0n) is 16.9. The Morgan fingerprint density at radius 3 is 2.68 bits per heavy atom. The quantitative estimate of drug-likeness (QED) is 0.415. The maximum absolute atomic E-state index is 13.0. The number of aliphatic hydroxyl groups is 2. The molecule has 8 nitrogen and oxygen atoms in total. The number of hydrogen-bond donors (Lipinski definition) is 3. The topological polar surface area (TPSA) is 126 Å². The van der Waals surface area contributed by atoms with Gasteiger partial charge in [-0.1, -0.05) is 13.0 Å². The van der Waals surface area contributed by atoms with Crippen molar-refractivity contribution in [2.75, 3.05) is 6.61 Å². The number of hydrogen-bond acceptors (Lipinski definition) is 8. The summed E-state index contributed by atoms with van der Waals surface area (Å²) in [7, 11) is 0. The Hall–Kier alpha value is -2.26. The Morgan fingerprint density at radius 2 is 1.94 bits per heavy atom. The number of carbonyl (C=O) groups is 2. The lowest BCUT2D eigenvalue weighted by molar-refractivity contribution is -0.203. The number of benzene rings is 1. The summed E-state index contributed by atoms with van der Waals surface area (Å²) < 4.78 is 17.6. The first-order chi connectivity index (χ1) is 14.7. The number of phenolic OH excluding ortho intramolecular Hbond substituents is 1. The molecule has 3 aliphatic heterocycles. The van der Waals surface area contributed by atoms with Crippen LogP contribution in [0.25, 0.3) is 5.57 Å². The van der Waals surface area contributed by atoms with Crippen molar-refractivity contribution in [2.24, 2.45) is 10.8 Å². The van der Waals surface area contributed by atoms with E-state index in [0.29, 0.717) is 29.5 Å². The maximum Gasteiger partial charge on any atom is 0.311 e. The lowest BCUT2D eigenvalue weighted by atomic mass is 9.50. The standard InChI is InChI=1S/C23H22O8/c1-20-7-16-23(31-16)13-5-14(25)12-4-10(24)2-3-11(12)18(13)15(26)6-21(20,23)9-29-22(20)8-17(27)30-19(22)28/h2-4,15-16,19,24,26,28H,5-9H2,1H3/t15-,16-,19-,20-,21+,22+,23-/m0/s1. The summed E-state index contributed by atoms with van der Waals surface area (Å²) in [5.74, 6) is -0.616. The highest BCUT2D eigenvalue weighted by molar-refractivity contribution is 6.07. The first-order valence-electron chi connectivity index (χ1n) is 10.7. The van der Waals surface area contributed by atoms with Crippen molar-refractivity contribution in [1.82, 2.24) is 0 Å². The molecule has 0 bridgehead atoms. The number of Topliss-reactive ketones (excluding diaryl/α,β-unsaturated/α-hetero) is 1. The van der Waals surface area contributed by atoms with Gasteiger partial charge in [0.2, 0.25) is 6.29 Å². The fourth-order valence-corrected chi connectivity index (χ4v) is 7.83. The first kappa shape index (κ1) is 18.3. The van der Waals surface area contributed by atoms with Crippen LogP contribution in [0.1, 0.15) is 48.5 Å². The van der Waals surface area contributed by atoms with Crippen LogP contribution in [0, 0.1) is 10.8 Å². The van der Waals surface area contributed by atoms with Gasteiger partial charge in [-0.25, -0.2) is 0 Å². The van der Waals surface area contributed by atoms with E-state index in [9.17, 15) is 24.9 Å². The summed E-state index contributed by atoms with van der Waals surface area (Å²) in [5, 5.41) is 31.9. The number of carbonyl (C=O) groups excluding carboxylic acids is 2. The van der Waals surface area contributed by atoms with Crippen LogP contribution >= 0.6 is 0 Å². The molecule has 0 radical (unpaired) electrons. The number of aliphatic hydroxyl groups excluding tert-OH is 2. The molecule has 7 rings (SSSR count). The Kier molecular flexibility index (Phi) is 2.98. The van der Waals surface area contributed by atoms with Crippen LogP contribution in [-0.2, 0) is 19.0 Å². The number of phenols is 1. The van der Waals surface area contributed by atoms with E-state index in [4.69, 9.17) is 14.2 Å². The fourth-order valence-electron chi connectivity index (χ4n) is 7.83. The van der Waals surface area contributed by atoms with E-state index >= 15 is 0 Å². The molecule has 0 amide bonds. The second-order valence-corrected chi connectivity index (χ2v) is 10.1. The summed E-state index contributed by atoms with van der Waals surface area (Å²) in [4.78, 5) is 25.1. The van der Waals surface area contributed by atoms with Gasteiger partial charge in [-0.15, -0.1) is 0 Å². The van der Waals surface area contributed by atoms with Gasteiger partial charge in [-0.2, -0.15) is 0 Å². The molecule has 7 atom stereocenters. The van der Waals surface area contributed by atoms with Gasteiger partial charge in [-0.3, -0.25) is 9.59 Å². The molecule has 1 aromatic rings. The Labute approximate surface area is 177 Å². The zero-order chi connectivity index (χ0) is 21.6. The summed E-state index contributed by atoms with van der Waals surface area (Å²) >= 11 is 0. The number of fused-ring (bicyclic) bond motifs is 3. The third kappa shape index (κ3) is 1.68. The minimum absolute atomic E-state index is 0.0103. The predicted octanol–water partition coefficient (Wildman–Crippen LogP) is 1.07. The minimum Gasteiger partial charge on any atom is -0.508 e. The molecule has 31 heavy (non-hydrogen) atoms. The molecule has 1 aromatic carbocycles. The molecule has 162 valence electrons. The molecule has 3 heterocycles. The van der Waals surface area contributed by atoms with Crippen LogP contribution in [0.15, 0.2) is 23.8 Å². The second kappa shape index (κ2) is 5.04. The number of aromatic hydroxyl groups is 1. The van der Waals surface area contributed by atoms with Gasteiger partial charge in [0.05, 0.1) is 25.2 Å². The molecule has 3 spiro atoms. The molecular weight excluding hydrogens is 404 g/mol. The fraction of sp³-hybridized carbons (Fsp3) is 0.565. The van der Waals surface area contributed by atoms with Gasteiger partial charge >= 0.3 is 5.97 Å². The number of rotatable bonds is 0. The summed E-state index contributed by atoms with van der Waals surface area (Å²) in [6.07, 6.45) is -1.49. The van der Waals surface area contributed by atoms with E-state index in [2.05, 4.69) is 0 Å². The highest BCUT2D eigenvalue weighted by atomic mass is 16.7. The first-order valence-corrected chi connectivity index (χ1v) is 10.7. The average molecular weight is 426 g/mol. The average Bonchev–Trinajstić information content (AvgIpc) is 3.16. The molecule has 6 aliphatic rings. The minimum atomic E-state index is -1.37. The Balaban J connectivity index is 1.45. The van der Waals surface area contributed by atoms with Crippen LogP contribution in [0.5, 0.6) is 5.75 Å². The SMILES string of the molecule is C[C@]12C[C@@H]3O[C@@]34C3=C(c5ccc(O)cc5C(=O)C3)[C@@H](O)C[C@@]14CO[C@@]21CC(=O)O[C@@H]1O. The third-order valence-corrected chi connectivity index (χ3v) is 9.22. The lowest BCUT2D eigenvalue weighted by Crippen LogP contribution is -2.59. The number of epoxide rings is 1. The smallest absolute Gasteiger partial charge is 0.311 e. The van der Waals surface area contributed by atoms with E-state index in [-0.39, 0.29) is 37.1 Å². The third-order valence-electron chi connectivity index (χ3n) is 9.22. The molecule has 0 unspecified atom stereocenters. The molecule has 4 fully saturated rings. The van der Waals surface area contributed by atoms with Gasteiger partial charge in [-0.05, 0) is 41.7 Å². The van der Waals surface area contributed by atoms with Crippen LogP contribution in [-0.4, -0.2) is 63.4 Å². The molecule has 3 N–H and O–H groups in total. The van der Waals surface area contributed by atoms with Crippen molar-refractivity contribution >= 4 is 17.3 Å². The highest BCUT2D eigenvalue weighted by Gasteiger charge is 2.90. The summed E-state index contributed by atoms with van der Waals surface area (Å²) in [6.45, 7) is 2.20. The van der Waals surface area contributed by atoms with E-state index in [0.717, 1.165) is 5.57 Å². The molecule has 3 saturated heterocycles. The molecule has 1 saturated carbocycles. The van der Waals surface area contributed by atoms with Gasteiger partial charge in [0.15, 0.2) is 5.78 Å². The molecular formula is C23H22O8. The lowest BCUT2D eigenvalue weighted by Gasteiger charge is -2.52. The predicted molar refractivity (Wildman–Crippen MR) is 103 cm³/mol. The normalized spacial score (nSPS) is 48.8. The van der Waals surface area contributed by atoms with Crippen molar-refractivity contribution in [3.8, 4) is 5.75 Å². The van der Waals surface area contributed by atoms with Crippen molar-refractivity contribution in [1.29, 1.82) is 0 Å². The van der Waals surface area contributed by atoms with Crippen LogP contribution in [0.3, 0.4) is 0 Å². The van der Waals surface area contributed by atoms with Crippen molar-refractivity contribution in [3.63, 3.8) is 0 Å². The summed E-state index contributed by atoms with van der Waals surface area (Å²) in [6, 6.07) is 4.65. The van der Waals surface area contributed by atoms with E-state index in [1.54, 1.807) is 6.07 Å². The van der Waals surface area contributed by atoms with Crippen molar-refractivity contribution in [3.05, 3.63) is 34.9 Å². The van der Waals surface area contributed by atoms with Crippen LogP contribution in [0.2, 0.25) is 0 Å². The molecule has 0 aromatic heterocycles. The van der Waals surface area contributed by atoms with Crippen LogP contribution < -0.4 is 0 Å². The van der Waals surface area contributed by atoms with Gasteiger partial charge in [0, 0.05) is 22.8 Å². The number of cyclic esters (lactones) is 1. The Bertz CT molecular complexity index is 1140. The van der Waals surface area contributed by atoms with Crippen molar-refractivity contribution < 1.29 is 39.1 Å². The van der Waals surface area contributed by atoms with Gasteiger partial charge in [0.1, 0.15) is 17.0 Å². The Morgan fingerprint density at radius 1 is 1.13 bits per heavy atom.